The summed E-state index contributed by atoms with van der Waals surface area (Å²) >= 11 is 0. The SMILES string of the molecule is Cc1cccc(N2CCN(C(=O)[C@H]3CCCC[C@H]3C(=O)O)CC2)c1C. The summed E-state index contributed by atoms with van der Waals surface area (Å²) in [6.45, 7) is 7.22. The second-order valence-corrected chi connectivity index (χ2v) is 7.37. The van der Waals surface area contributed by atoms with Gasteiger partial charge in [-0.2, -0.15) is 0 Å². The van der Waals surface area contributed by atoms with Crippen molar-refractivity contribution >= 4 is 17.6 Å². The number of benzene rings is 1. The summed E-state index contributed by atoms with van der Waals surface area (Å²) in [5.74, 6) is -1.60. The molecule has 2 fully saturated rings. The van der Waals surface area contributed by atoms with Gasteiger partial charge in [0.2, 0.25) is 5.91 Å². The highest BCUT2D eigenvalue weighted by Crippen LogP contribution is 2.32. The molecule has 0 spiro atoms. The fourth-order valence-electron chi connectivity index (χ4n) is 4.20. The number of rotatable bonds is 3. The summed E-state index contributed by atoms with van der Waals surface area (Å²) in [4.78, 5) is 28.6. The first-order valence-electron chi connectivity index (χ1n) is 9.32. The standard InChI is InChI=1S/C20H28N2O3/c1-14-6-5-9-18(15(14)2)21-10-12-22(13-11-21)19(23)16-7-3-4-8-17(16)20(24)25/h5-6,9,16-17H,3-4,7-8,10-13H2,1-2H3,(H,24,25)/t16-,17+/m0/s1. The van der Waals surface area contributed by atoms with Gasteiger partial charge in [0.1, 0.15) is 0 Å². The Kier molecular flexibility index (Phi) is 5.30. The van der Waals surface area contributed by atoms with Gasteiger partial charge in [-0.3, -0.25) is 9.59 Å². The maximum atomic E-state index is 12.9. The summed E-state index contributed by atoms with van der Waals surface area (Å²) in [6.07, 6.45) is 3.23. The lowest BCUT2D eigenvalue weighted by Gasteiger charge is -2.39. The van der Waals surface area contributed by atoms with Crippen LogP contribution in [-0.4, -0.2) is 48.1 Å². The number of hydrogen-bond donors (Lipinski definition) is 1. The average molecular weight is 344 g/mol. The van der Waals surface area contributed by atoms with E-state index in [9.17, 15) is 14.7 Å². The molecule has 0 bridgehead atoms. The number of piperazine rings is 1. The Morgan fingerprint density at radius 1 is 1.00 bits per heavy atom. The molecular formula is C20H28N2O3. The molecule has 1 aromatic carbocycles. The normalized spacial score (nSPS) is 24.2. The van der Waals surface area contributed by atoms with Gasteiger partial charge in [-0.25, -0.2) is 0 Å². The van der Waals surface area contributed by atoms with Crippen LogP contribution in [0.25, 0.3) is 0 Å². The van der Waals surface area contributed by atoms with E-state index in [1.807, 2.05) is 4.90 Å². The fourth-order valence-corrected chi connectivity index (χ4v) is 4.20. The molecule has 0 aromatic heterocycles. The molecule has 2 aliphatic rings. The lowest BCUT2D eigenvalue weighted by molar-refractivity contribution is -0.152. The molecule has 5 heteroatoms. The third-order valence-electron chi connectivity index (χ3n) is 5.91. The van der Waals surface area contributed by atoms with Crippen LogP contribution in [0.5, 0.6) is 0 Å². The van der Waals surface area contributed by atoms with Gasteiger partial charge >= 0.3 is 5.97 Å². The van der Waals surface area contributed by atoms with Crippen molar-refractivity contribution in [1.29, 1.82) is 0 Å². The third kappa shape index (κ3) is 3.65. The first kappa shape index (κ1) is 17.8. The highest BCUT2D eigenvalue weighted by molar-refractivity contribution is 5.85. The second-order valence-electron chi connectivity index (χ2n) is 7.37. The fraction of sp³-hybridized carbons (Fsp3) is 0.600. The Labute approximate surface area is 149 Å². The predicted octanol–water partition coefficient (Wildman–Crippen LogP) is 2.84. The van der Waals surface area contributed by atoms with E-state index < -0.39 is 11.9 Å². The minimum atomic E-state index is -0.813. The second kappa shape index (κ2) is 7.46. The van der Waals surface area contributed by atoms with Crippen LogP contribution in [0.2, 0.25) is 0 Å². The predicted molar refractivity (Wildman–Crippen MR) is 97.8 cm³/mol. The van der Waals surface area contributed by atoms with Crippen LogP contribution < -0.4 is 4.90 Å². The van der Waals surface area contributed by atoms with Gasteiger partial charge in [0.15, 0.2) is 0 Å². The molecule has 1 amide bonds. The molecule has 1 saturated heterocycles. The number of carboxylic acid groups (broad SMARTS) is 1. The topological polar surface area (TPSA) is 60.9 Å². The first-order chi connectivity index (χ1) is 12.0. The Balaban J connectivity index is 1.64. The van der Waals surface area contributed by atoms with E-state index in [2.05, 4.69) is 36.9 Å². The molecule has 1 aromatic rings. The summed E-state index contributed by atoms with van der Waals surface area (Å²) < 4.78 is 0. The van der Waals surface area contributed by atoms with Crippen LogP contribution in [0.1, 0.15) is 36.8 Å². The number of amides is 1. The molecule has 1 N–H and O–H groups in total. The number of aryl methyl sites for hydroxylation is 1. The molecule has 1 aliphatic carbocycles. The molecular weight excluding hydrogens is 316 g/mol. The van der Waals surface area contributed by atoms with Crippen molar-refractivity contribution in [2.24, 2.45) is 11.8 Å². The highest BCUT2D eigenvalue weighted by Gasteiger charge is 2.38. The van der Waals surface area contributed by atoms with Crippen molar-refractivity contribution in [3.05, 3.63) is 29.3 Å². The highest BCUT2D eigenvalue weighted by atomic mass is 16.4. The number of hydrogen-bond acceptors (Lipinski definition) is 3. The van der Waals surface area contributed by atoms with E-state index in [0.717, 1.165) is 25.9 Å². The molecule has 3 rings (SSSR count). The van der Waals surface area contributed by atoms with E-state index in [1.165, 1.54) is 16.8 Å². The Morgan fingerprint density at radius 2 is 1.64 bits per heavy atom. The summed E-state index contributed by atoms with van der Waals surface area (Å²) in [7, 11) is 0. The van der Waals surface area contributed by atoms with Gasteiger partial charge in [-0.15, -0.1) is 0 Å². The van der Waals surface area contributed by atoms with E-state index in [-0.39, 0.29) is 11.8 Å². The van der Waals surface area contributed by atoms with Gasteiger partial charge in [-0.1, -0.05) is 25.0 Å². The Morgan fingerprint density at radius 3 is 2.28 bits per heavy atom. The number of anilines is 1. The zero-order valence-corrected chi connectivity index (χ0v) is 15.2. The monoisotopic (exact) mass is 344 g/mol. The number of aliphatic carboxylic acids is 1. The van der Waals surface area contributed by atoms with Crippen LogP contribution in [0.4, 0.5) is 5.69 Å². The van der Waals surface area contributed by atoms with Crippen LogP contribution in [0.15, 0.2) is 18.2 Å². The molecule has 5 nitrogen and oxygen atoms in total. The van der Waals surface area contributed by atoms with Gasteiger partial charge < -0.3 is 14.9 Å². The Bertz CT molecular complexity index is 650. The molecule has 0 unspecified atom stereocenters. The van der Waals surface area contributed by atoms with E-state index in [4.69, 9.17) is 0 Å². The van der Waals surface area contributed by atoms with E-state index >= 15 is 0 Å². The molecule has 25 heavy (non-hydrogen) atoms. The average Bonchev–Trinajstić information content (AvgIpc) is 2.63. The van der Waals surface area contributed by atoms with E-state index in [1.54, 1.807) is 0 Å². The number of nitrogens with zero attached hydrogens (tertiary/aromatic N) is 2. The molecule has 2 atom stereocenters. The summed E-state index contributed by atoms with van der Waals surface area (Å²) in [5, 5.41) is 9.42. The van der Waals surface area contributed by atoms with Crippen molar-refractivity contribution in [2.75, 3.05) is 31.1 Å². The third-order valence-corrected chi connectivity index (χ3v) is 5.91. The molecule has 136 valence electrons. The molecule has 1 aliphatic heterocycles. The largest absolute Gasteiger partial charge is 0.481 e. The lowest BCUT2D eigenvalue weighted by atomic mass is 9.78. The van der Waals surface area contributed by atoms with Gasteiger partial charge in [0.05, 0.1) is 11.8 Å². The number of carbonyl (C=O) groups is 2. The minimum absolute atomic E-state index is 0.0488. The summed E-state index contributed by atoms with van der Waals surface area (Å²) in [5.41, 5.74) is 3.82. The number of carbonyl (C=O) groups excluding carboxylic acids is 1. The summed E-state index contributed by atoms with van der Waals surface area (Å²) in [6, 6.07) is 6.34. The zero-order chi connectivity index (χ0) is 18.0. The van der Waals surface area contributed by atoms with Crippen LogP contribution >= 0.6 is 0 Å². The van der Waals surface area contributed by atoms with Crippen LogP contribution in [-0.2, 0) is 9.59 Å². The van der Waals surface area contributed by atoms with Gasteiger partial charge in [-0.05, 0) is 43.9 Å². The van der Waals surface area contributed by atoms with Crippen LogP contribution in [0, 0.1) is 25.7 Å². The molecule has 1 heterocycles. The lowest BCUT2D eigenvalue weighted by Crippen LogP contribution is -2.52. The van der Waals surface area contributed by atoms with E-state index in [0.29, 0.717) is 25.9 Å². The van der Waals surface area contributed by atoms with Crippen molar-refractivity contribution in [3.8, 4) is 0 Å². The number of carboxylic acids is 1. The smallest absolute Gasteiger partial charge is 0.307 e. The van der Waals surface area contributed by atoms with Crippen molar-refractivity contribution in [1.82, 2.24) is 4.90 Å². The quantitative estimate of drug-likeness (QED) is 0.916. The van der Waals surface area contributed by atoms with Gasteiger partial charge in [0, 0.05) is 31.9 Å². The Hall–Kier alpha value is -2.04. The molecule has 0 radical (unpaired) electrons. The zero-order valence-electron chi connectivity index (χ0n) is 15.2. The van der Waals surface area contributed by atoms with Crippen molar-refractivity contribution < 1.29 is 14.7 Å². The van der Waals surface area contributed by atoms with Gasteiger partial charge in [0.25, 0.3) is 0 Å². The van der Waals surface area contributed by atoms with Crippen LogP contribution in [0.3, 0.4) is 0 Å². The molecule has 1 saturated carbocycles. The van der Waals surface area contributed by atoms with Crippen molar-refractivity contribution in [2.45, 2.75) is 39.5 Å². The maximum Gasteiger partial charge on any atom is 0.307 e. The minimum Gasteiger partial charge on any atom is -0.481 e. The first-order valence-corrected chi connectivity index (χ1v) is 9.32. The van der Waals surface area contributed by atoms with Crippen molar-refractivity contribution in [3.63, 3.8) is 0 Å². The maximum absolute atomic E-state index is 12.9.